The van der Waals surface area contributed by atoms with Crippen LogP contribution in [0.25, 0.3) is 0 Å². The standard InChI is InChI=1S/C15H14FN3OS/c1-2-3-12-7-14(20)19-15(18-12)21-9-11-6-10(8-17)4-5-13(11)16/h4-7H,2-3,9H2,1H3,(H,18,19,20). The molecule has 0 saturated carbocycles. The highest BCUT2D eigenvalue weighted by Crippen LogP contribution is 2.21. The molecular weight excluding hydrogens is 289 g/mol. The molecule has 0 saturated heterocycles. The number of nitriles is 1. The van der Waals surface area contributed by atoms with E-state index in [4.69, 9.17) is 5.26 Å². The molecule has 0 amide bonds. The van der Waals surface area contributed by atoms with Gasteiger partial charge in [-0.15, -0.1) is 0 Å². The summed E-state index contributed by atoms with van der Waals surface area (Å²) in [5, 5.41) is 9.30. The zero-order chi connectivity index (χ0) is 15.2. The van der Waals surface area contributed by atoms with Crippen LogP contribution in [0.2, 0.25) is 0 Å². The lowest BCUT2D eigenvalue weighted by Crippen LogP contribution is -2.10. The molecule has 1 aromatic carbocycles. The number of thioether (sulfide) groups is 1. The number of hydrogen-bond acceptors (Lipinski definition) is 4. The van der Waals surface area contributed by atoms with E-state index >= 15 is 0 Å². The Bertz CT molecular complexity index is 736. The van der Waals surface area contributed by atoms with E-state index in [0.717, 1.165) is 18.5 Å². The van der Waals surface area contributed by atoms with Gasteiger partial charge in [0.1, 0.15) is 5.82 Å². The van der Waals surface area contributed by atoms with E-state index in [2.05, 4.69) is 9.97 Å². The van der Waals surface area contributed by atoms with Crippen LogP contribution >= 0.6 is 11.8 Å². The molecule has 4 nitrogen and oxygen atoms in total. The third-order valence-electron chi connectivity index (χ3n) is 2.82. The number of hydrogen-bond donors (Lipinski definition) is 1. The molecular formula is C15H14FN3OS. The number of nitrogens with zero attached hydrogens (tertiary/aromatic N) is 2. The summed E-state index contributed by atoms with van der Waals surface area (Å²) < 4.78 is 13.7. The molecule has 0 aliphatic heterocycles. The van der Waals surface area contributed by atoms with E-state index in [1.165, 1.54) is 36.0 Å². The summed E-state index contributed by atoms with van der Waals surface area (Å²) in [5.41, 5.74) is 1.35. The first-order valence-electron chi connectivity index (χ1n) is 6.54. The lowest BCUT2D eigenvalue weighted by molar-refractivity contribution is 0.617. The number of nitrogens with one attached hydrogen (secondary N) is 1. The van der Waals surface area contributed by atoms with E-state index < -0.39 is 0 Å². The van der Waals surface area contributed by atoms with Crippen LogP contribution in [0.4, 0.5) is 4.39 Å². The second-order valence-corrected chi connectivity index (χ2v) is 5.46. The maximum Gasteiger partial charge on any atom is 0.251 e. The number of rotatable bonds is 5. The van der Waals surface area contributed by atoms with Crippen LogP contribution in [-0.4, -0.2) is 9.97 Å². The normalized spacial score (nSPS) is 10.3. The van der Waals surface area contributed by atoms with Crippen molar-refractivity contribution in [2.45, 2.75) is 30.7 Å². The molecule has 1 heterocycles. The summed E-state index contributed by atoms with van der Waals surface area (Å²) in [6.07, 6.45) is 1.63. The second kappa shape index (κ2) is 7.04. The number of halogens is 1. The lowest BCUT2D eigenvalue weighted by atomic mass is 10.1. The predicted molar refractivity (Wildman–Crippen MR) is 79.5 cm³/mol. The van der Waals surface area contributed by atoms with E-state index in [-0.39, 0.29) is 11.4 Å². The number of H-pyrrole nitrogens is 1. The van der Waals surface area contributed by atoms with Crippen LogP contribution in [-0.2, 0) is 12.2 Å². The first-order chi connectivity index (χ1) is 10.1. The van der Waals surface area contributed by atoms with Crippen molar-refractivity contribution in [3.8, 4) is 6.07 Å². The van der Waals surface area contributed by atoms with Crippen molar-refractivity contribution in [3.05, 3.63) is 57.3 Å². The van der Waals surface area contributed by atoms with Crippen LogP contribution in [0.3, 0.4) is 0 Å². The van der Waals surface area contributed by atoms with Crippen LogP contribution < -0.4 is 5.56 Å². The Morgan fingerprint density at radius 1 is 1.43 bits per heavy atom. The van der Waals surface area contributed by atoms with Crippen molar-refractivity contribution < 1.29 is 4.39 Å². The van der Waals surface area contributed by atoms with E-state index in [0.29, 0.717) is 22.0 Å². The Balaban J connectivity index is 2.16. The maximum absolute atomic E-state index is 13.7. The van der Waals surface area contributed by atoms with E-state index in [1.54, 1.807) is 0 Å². The number of aromatic amines is 1. The highest BCUT2D eigenvalue weighted by Gasteiger charge is 2.07. The van der Waals surface area contributed by atoms with Crippen LogP contribution in [0.1, 0.15) is 30.2 Å². The zero-order valence-corrected chi connectivity index (χ0v) is 12.3. The molecule has 108 valence electrons. The van der Waals surface area contributed by atoms with Gasteiger partial charge in [0.05, 0.1) is 11.6 Å². The van der Waals surface area contributed by atoms with Crippen LogP contribution in [0.5, 0.6) is 0 Å². The van der Waals surface area contributed by atoms with Gasteiger partial charge >= 0.3 is 0 Å². The van der Waals surface area contributed by atoms with Gasteiger partial charge in [-0.25, -0.2) is 9.37 Å². The van der Waals surface area contributed by atoms with Crippen molar-refractivity contribution in [2.75, 3.05) is 0 Å². The Morgan fingerprint density at radius 2 is 2.24 bits per heavy atom. The molecule has 0 bridgehead atoms. The molecule has 0 aliphatic carbocycles. The minimum absolute atomic E-state index is 0.206. The molecule has 0 spiro atoms. The van der Waals surface area contributed by atoms with Gasteiger partial charge in [-0.3, -0.25) is 4.79 Å². The average molecular weight is 303 g/mol. The largest absolute Gasteiger partial charge is 0.301 e. The SMILES string of the molecule is CCCc1cc(=O)[nH]c(SCc2cc(C#N)ccc2F)n1. The molecule has 21 heavy (non-hydrogen) atoms. The molecule has 0 fully saturated rings. The van der Waals surface area contributed by atoms with Crippen molar-refractivity contribution in [1.29, 1.82) is 5.26 Å². The minimum Gasteiger partial charge on any atom is -0.301 e. The average Bonchev–Trinajstić information content (AvgIpc) is 2.46. The van der Waals surface area contributed by atoms with Gasteiger partial charge in [-0.2, -0.15) is 5.26 Å². The molecule has 0 radical (unpaired) electrons. The fraction of sp³-hybridized carbons (Fsp3) is 0.267. The fourth-order valence-electron chi connectivity index (χ4n) is 1.84. The third kappa shape index (κ3) is 4.17. The molecule has 0 unspecified atom stereocenters. The van der Waals surface area contributed by atoms with Gasteiger partial charge in [0.2, 0.25) is 0 Å². The summed E-state index contributed by atoms with van der Waals surface area (Å²) in [7, 11) is 0. The van der Waals surface area contributed by atoms with Crippen molar-refractivity contribution in [3.63, 3.8) is 0 Å². The second-order valence-electron chi connectivity index (χ2n) is 4.50. The summed E-state index contributed by atoms with van der Waals surface area (Å²) in [6.45, 7) is 2.01. The Hall–Kier alpha value is -2.13. The Kier molecular flexibility index (Phi) is 5.12. The molecule has 0 atom stereocenters. The monoisotopic (exact) mass is 303 g/mol. The predicted octanol–water partition coefficient (Wildman–Crippen LogP) is 3.03. The Morgan fingerprint density at radius 3 is 2.95 bits per heavy atom. The Labute approximate surface area is 126 Å². The van der Waals surface area contributed by atoms with E-state index in [1.807, 2.05) is 13.0 Å². The van der Waals surface area contributed by atoms with Crippen molar-refractivity contribution in [1.82, 2.24) is 9.97 Å². The van der Waals surface area contributed by atoms with Gasteiger partial charge < -0.3 is 4.98 Å². The summed E-state index contributed by atoms with van der Waals surface area (Å²) in [6, 6.07) is 7.68. The lowest BCUT2D eigenvalue weighted by Gasteiger charge is -2.05. The van der Waals surface area contributed by atoms with Gasteiger partial charge in [0, 0.05) is 17.5 Å². The number of benzene rings is 1. The van der Waals surface area contributed by atoms with Crippen LogP contribution in [0, 0.1) is 17.1 Å². The maximum atomic E-state index is 13.7. The van der Waals surface area contributed by atoms with Gasteiger partial charge in [0.15, 0.2) is 5.16 Å². The van der Waals surface area contributed by atoms with Crippen molar-refractivity contribution in [2.24, 2.45) is 0 Å². The van der Waals surface area contributed by atoms with E-state index in [9.17, 15) is 9.18 Å². The fourth-order valence-corrected chi connectivity index (χ4v) is 2.71. The molecule has 2 aromatic rings. The smallest absolute Gasteiger partial charge is 0.251 e. The van der Waals surface area contributed by atoms with Crippen LogP contribution in [0.15, 0.2) is 34.2 Å². The first kappa shape index (κ1) is 15.3. The third-order valence-corrected chi connectivity index (χ3v) is 3.74. The topological polar surface area (TPSA) is 69.5 Å². The minimum atomic E-state index is -0.367. The highest BCUT2D eigenvalue weighted by atomic mass is 32.2. The molecule has 1 N–H and O–H groups in total. The molecule has 6 heteroatoms. The molecule has 0 aliphatic rings. The summed E-state index contributed by atoms with van der Waals surface area (Å²) in [4.78, 5) is 18.5. The number of aromatic nitrogens is 2. The summed E-state index contributed by atoms with van der Waals surface area (Å²) in [5.74, 6) is -0.0616. The quantitative estimate of drug-likeness (QED) is 0.681. The van der Waals surface area contributed by atoms with Crippen molar-refractivity contribution >= 4 is 11.8 Å². The molecule has 2 rings (SSSR count). The first-order valence-corrected chi connectivity index (χ1v) is 7.52. The zero-order valence-electron chi connectivity index (χ0n) is 11.5. The molecule has 1 aromatic heterocycles. The van der Waals surface area contributed by atoms with Gasteiger partial charge in [0.25, 0.3) is 5.56 Å². The number of aryl methyl sites for hydroxylation is 1. The highest BCUT2D eigenvalue weighted by molar-refractivity contribution is 7.98. The summed E-state index contributed by atoms with van der Waals surface area (Å²) >= 11 is 1.24. The van der Waals surface area contributed by atoms with Gasteiger partial charge in [-0.1, -0.05) is 25.1 Å². The van der Waals surface area contributed by atoms with Gasteiger partial charge in [-0.05, 0) is 30.2 Å².